The van der Waals surface area contributed by atoms with Gasteiger partial charge in [0.15, 0.2) is 17.3 Å². The van der Waals surface area contributed by atoms with Crippen LogP contribution >= 0.6 is 0 Å². The molecular formula is C17H20FN5O4S. The predicted octanol–water partition coefficient (Wildman–Crippen LogP) is 0.803. The summed E-state index contributed by atoms with van der Waals surface area (Å²) in [6.07, 6.45) is 1.36. The van der Waals surface area contributed by atoms with Gasteiger partial charge in [-0.15, -0.1) is 0 Å². The van der Waals surface area contributed by atoms with E-state index in [2.05, 4.69) is 15.1 Å². The van der Waals surface area contributed by atoms with Crippen molar-refractivity contribution in [2.45, 2.75) is 19.8 Å². The van der Waals surface area contributed by atoms with Crippen LogP contribution in [0.3, 0.4) is 0 Å². The van der Waals surface area contributed by atoms with Crippen molar-refractivity contribution in [3.63, 3.8) is 0 Å². The fourth-order valence-corrected chi connectivity index (χ4v) is 5.18. The van der Waals surface area contributed by atoms with E-state index >= 15 is 0 Å². The van der Waals surface area contributed by atoms with Gasteiger partial charge in [-0.05, 0) is 26.0 Å². The largest absolute Gasteiger partial charge is 0.339 e. The zero-order chi connectivity index (χ0) is 20.1. The van der Waals surface area contributed by atoms with Crippen molar-refractivity contribution in [3.8, 4) is 0 Å². The van der Waals surface area contributed by atoms with E-state index in [0.29, 0.717) is 11.7 Å². The minimum atomic E-state index is -3.41. The zero-order valence-corrected chi connectivity index (χ0v) is 16.3. The monoisotopic (exact) mass is 409 g/mol. The highest BCUT2D eigenvalue weighted by Crippen LogP contribution is 2.49. The molecule has 2 saturated heterocycles. The minimum absolute atomic E-state index is 0.0134. The van der Waals surface area contributed by atoms with Crippen LogP contribution in [0.2, 0.25) is 0 Å². The lowest BCUT2D eigenvalue weighted by molar-refractivity contribution is 0.000516. The first kappa shape index (κ1) is 18.9. The Morgan fingerprint density at radius 2 is 2.14 bits per heavy atom. The Hall–Kier alpha value is -2.40. The molecule has 0 saturated carbocycles. The molecule has 4 heterocycles. The third kappa shape index (κ3) is 2.98. The highest BCUT2D eigenvalue weighted by molar-refractivity contribution is 7.89. The molecule has 2 aromatic heterocycles. The van der Waals surface area contributed by atoms with Gasteiger partial charge in [0, 0.05) is 37.8 Å². The van der Waals surface area contributed by atoms with Crippen molar-refractivity contribution < 1.29 is 22.1 Å². The van der Waals surface area contributed by atoms with Gasteiger partial charge in [-0.25, -0.2) is 22.1 Å². The Kier molecular flexibility index (Phi) is 4.46. The van der Waals surface area contributed by atoms with Crippen molar-refractivity contribution >= 4 is 15.9 Å². The standard InChI is InChI=1S/C17H20FN5O4S/c1-3-28(25,26)23-7-12(15-20-11(2)21-27-15)17(10-23)8-22(9-17)16(24)14-13(18)5-4-6-19-14/h4-6,12H,3,7-10H2,1-2H3. The maximum Gasteiger partial charge on any atom is 0.275 e. The molecule has 0 radical (unpaired) electrons. The molecule has 4 rings (SSSR count). The van der Waals surface area contributed by atoms with Crippen LogP contribution in [-0.2, 0) is 10.0 Å². The van der Waals surface area contributed by atoms with Gasteiger partial charge in [-0.2, -0.15) is 4.98 Å². The summed E-state index contributed by atoms with van der Waals surface area (Å²) in [5.41, 5.74) is -0.777. The summed E-state index contributed by atoms with van der Waals surface area (Å²) in [6.45, 7) is 4.29. The topological polar surface area (TPSA) is 110 Å². The van der Waals surface area contributed by atoms with E-state index < -0.39 is 27.2 Å². The number of halogens is 1. The van der Waals surface area contributed by atoms with Crippen LogP contribution in [0.1, 0.15) is 35.0 Å². The molecule has 9 nitrogen and oxygen atoms in total. The number of rotatable bonds is 4. The molecule has 150 valence electrons. The summed E-state index contributed by atoms with van der Waals surface area (Å²) in [5, 5.41) is 3.81. The Labute approximate surface area is 161 Å². The van der Waals surface area contributed by atoms with E-state index in [4.69, 9.17) is 4.52 Å². The van der Waals surface area contributed by atoms with Crippen LogP contribution in [0.4, 0.5) is 4.39 Å². The Morgan fingerprint density at radius 3 is 2.75 bits per heavy atom. The number of hydrogen-bond acceptors (Lipinski definition) is 7. The summed E-state index contributed by atoms with van der Waals surface area (Å²) < 4.78 is 45.5. The van der Waals surface area contributed by atoms with Crippen molar-refractivity contribution in [2.75, 3.05) is 31.9 Å². The van der Waals surface area contributed by atoms with Crippen molar-refractivity contribution in [1.82, 2.24) is 24.3 Å². The lowest BCUT2D eigenvalue weighted by Gasteiger charge is -2.49. The van der Waals surface area contributed by atoms with E-state index in [9.17, 15) is 17.6 Å². The van der Waals surface area contributed by atoms with Crippen molar-refractivity contribution in [3.05, 3.63) is 41.6 Å². The van der Waals surface area contributed by atoms with Gasteiger partial charge in [-0.1, -0.05) is 5.16 Å². The predicted molar refractivity (Wildman–Crippen MR) is 95.3 cm³/mol. The number of aryl methyl sites for hydroxylation is 1. The van der Waals surface area contributed by atoms with Crippen LogP contribution in [0.5, 0.6) is 0 Å². The summed E-state index contributed by atoms with van der Waals surface area (Å²) in [6, 6.07) is 2.60. The fraction of sp³-hybridized carbons (Fsp3) is 0.529. The number of pyridine rings is 1. The molecule has 0 bridgehead atoms. The van der Waals surface area contributed by atoms with Crippen molar-refractivity contribution in [1.29, 1.82) is 0 Å². The number of aromatic nitrogens is 3. The number of carbonyl (C=O) groups is 1. The molecule has 11 heteroatoms. The molecule has 1 spiro atoms. The van der Waals surface area contributed by atoms with Crippen LogP contribution in [0.25, 0.3) is 0 Å². The smallest absolute Gasteiger partial charge is 0.275 e. The molecule has 2 aliphatic rings. The van der Waals surface area contributed by atoms with Gasteiger partial charge in [0.25, 0.3) is 5.91 Å². The average molecular weight is 409 g/mol. The first-order valence-electron chi connectivity index (χ1n) is 8.93. The van der Waals surface area contributed by atoms with Gasteiger partial charge in [0.2, 0.25) is 15.9 Å². The first-order valence-corrected chi connectivity index (χ1v) is 10.5. The molecule has 1 unspecified atom stereocenters. The van der Waals surface area contributed by atoms with Gasteiger partial charge < -0.3 is 9.42 Å². The molecule has 0 N–H and O–H groups in total. The minimum Gasteiger partial charge on any atom is -0.339 e. The summed E-state index contributed by atoms with van der Waals surface area (Å²) >= 11 is 0. The highest BCUT2D eigenvalue weighted by Gasteiger charge is 2.59. The molecule has 28 heavy (non-hydrogen) atoms. The average Bonchev–Trinajstić information content (AvgIpc) is 3.24. The van der Waals surface area contributed by atoms with E-state index in [0.717, 1.165) is 0 Å². The number of carbonyl (C=O) groups excluding carboxylic acids is 1. The maximum atomic E-state index is 13.9. The zero-order valence-electron chi connectivity index (χ0n) is 15.5. The number of nitrogens with zero attached hydrogens (tertiary/aromatic N) is 5. The van der Waals surface area contributed by atoms with Crippen LogP contribution in [-0.4, -0.2) is 70.6 Å². The number of likely N-dealkylation sites (tertiary alicyclic amines) is 1. The van der Waals surface area contributed by atoms with Crippen LogP contribution in [0, 0.1) is 18.2 Å². The molecular weight excluding hydrogens is 389 g/mol. The second kappa shape index (κ2) is 6.59. The number of hydrogen-bond donors (Lipinski definition) is 0. The SMILES string of the molecule is CCS(=O)(=O)N1CC(c2nc(C)no2)C2(CN(C(=O)c3ncccc3F)C2)C1. The molecule has 1 amide bonds. The third-order valence-electron chi connectivity index (χ3n) is 5.48. The quantitative estimate of drug-likeness (QED) is 0.735. The lowest BCUT2D eigenvalue weighted by atomic mass is 9.71. The second-order valence-electron chi connectivity index (χ2n) is 7.28. The van der Waals surface area contributed by atoms with E-state index in [-0.39, 0.29) is 43.5 Å². The second-order valence-corrected chi connectivity index (χ2v) is 9.54. The van der Waals surface area contributed by atoms with Crippen molar-refractivity contribution in [2.24, 2.45) is 5.41 Å². The van der Waals surface area contributed by atoms with E-state index in [1.165, 1.54) is 27.5 Å². The number of sulfonamides is 1. The Balaban J connectivity index is 1.60. The Morgan fingerprint density at radius 1 is 1.39 bits per heavy atom. The molecule has 2 aliphatic heterocycles. The molecule has 1 atom stereocenters. The third-order valence-corrected chi connectivity index (χ3v) is 7.27. The van der Waals surface area contributed by atoms with E-state index in [1.54, 1.807) is 13.8 Å². The normalized spacial score (nSPS) is 21.8. The van der Waals surface area contributed by atoms with Gasteiger partial charge >= 0.3 is 0 Å². The van der Waals surface area contributed by atoms with Crippen LogP contribution in [0.15, 0.2) is 22.9 Å². The van der Waals surface area contributed by atoms with Gasteiger partial charge in [0.1, 0.15) is 0 Å². The molecule has 2 fully saturated rings. The summed E-state index contributed by atoms with van der Waals surface area (Å²) in [5.74, 6) is -0.708. The fourth-order valence-electron chi connectivity index (χ4n) is 3.98. The Bertz CT molecular complexity index is 1020. The highest BCUT2D eigenvalue weighted by atomic mass is 32.2. The first-order chi connectivity index (χ1) is 13.3. The molecule has 0 aromatic carbocycles. The molecule has 0 aliphatic carbocycles. The number of amides is 1. The lowest BCUT2D eigenvalue weighted by Crippen LogP contribution is -2.61. The summed E-state index contributed by atoms with van der Waals surface area (Å²) in [7, 11) is -3.41. The van der Waals surface area contributed by atoms with Gasteiger partial charge in [-0.3, -0.25) is 4.79 Å². The van der Waals surface area contributed by atoms with Crippen LogP contribution < -0.4 is 0 Å². The molecule has 2 aromatic rings. The van der Waals surface area contributed by atoms with Gasteiger partial charge in [0.05, 0.1) is 11.7 Å². The van der Waals surface area contributed by atoms with E-state index in [1.807, 2.05) is 0 Å². The maximum absolute atomic E-state index is 13.9. The summed E-state index contributed by atoms with van der Waals surface area (Å²) in [4.78, 5) is 22.2.